The molecule has 98 valence electrons. The van der Waals surface area contributed by atoms with E-state index in [9.17, 15) is 14.7 Å². The predicted octanol–water partition coefficient (Wildman–Crippen LogP) is 2.00. The van der Waals surface area contributed by atoms with E-state index in [1.807, 2.05) is 24.3 Å². The highest BCUT2D eigenvalue weighted by atomic mass is 16.4. The molecule has 1 fully saturated rings. The van der Waals surface area contributed by atoms with Crippen LogP contribution in [-0.2, 0) is 9.59 Å². The van der Waals surface area contributed by atoms with Gasteiger partial charge >= 0.3 is 5.97 Å². The molecule has 1 aliphatic rings. The number of amides is 1. The Morgan fingerprint density at radius 1 is 1.32 bits per heavy atom. The zero-order valence-electron chi connectivity index (χ0n) is 10.5. The zero-order chi connectivity index (χ0) is 13.6. The fourth-order valence-corrected chi connectivity index (χ4v) is 2.41. The lowest BCUT2D eigenvalue weighted by Gasteiger charge is -2.20. The highest BCUT2D eigenvalue weighted by molar-refractivity contribution is 6.14. The molecule has 1 amide bonds. The number of aromatic amines is 1. The summed E-state index contributed by atoms with van der Waals surface area (Å²) in [4.78, 5) is 28.1. The third-order valence-electron chi connectivity index (χ3n) is 3.80. The van der Waals surface area contributed by atoms with Crippen LogP contribution in [0.5, 0.6) is 0 Å². The molecule has 0 spiro atoms. The Bertz CT molecular complexity index is 670. The van der Waals surface area contributed by atoms with Gasteiger partial charge in [0.1, 0.15) is 5.41 Å². The van der Waals surface area contributed by atoms with Crippen molar-refractivity contribution >= 4 is 28.5 Å². The largest absolute Gasteiger partial charge is 0.480 e. The van der Waals surface area contributed by atoms with Crippen molar-refractivity contribution in [2.24, 2.45) is 5.41 Å². The van der Waals surface area contributed by atoms with Crippen LogP contribution in [0.15, 0.2) is 30.5 Å². The number of carbonyl (C=O) groups is 2. The first-order valence-corrected chi connectivity index (χ1v) is 6.14. The molecule has 0 atom stereocenters. The van der Waals surface area contributed by atoms with E-state index in [1.54, 1.807) is 13.2 Å². The molecule has 1 aromatic carbocycles. The summed E-state index contributed by atoms with van der Waals surface area (Å²) in [6.45, 7) is 0. The number of carboxylic acids is 1. The molecular weight excluding hydrogens is 244 g/mol. The molecule has 1 aliphatic carbocycles. The number of nitrogens with zero attached hydrogens (tertiary/aromatic N) is 1. The molecule has 0 bridgehead atoms. The maximum Gasteiger partial charge on any atom is 0.319 e. The van der Waals surface area contributed by atoms with Crippen molar-refractivity contribution in [3.63, 3.8) is 0 Å². The Hall–Kier alpha value is -2.30. The third-order valence-corrected chi connectivity index (χ3v) is 3.80. The van der Waals surface area contributed by atoms with Crippen molar-refractivity contribution in [2.45, 2.75) is 12.8 Å². The molecule has 0 saturated heterocycles. The summed E-state index contributed by atoms with van der Waals surface area (Å²) in [6, 6.07) is 7.62. The molecular formula is C14H14N2O3. The minimum atomic E-state index is -1.20. The number of aromatic nitrogens is 1. The lowest BCUT2D eigenvalue weighted by Crippen LogP contribution is -2.38. The minimum Gasteiger partial charge on any atom is -0.480 e. The van der Waals surface area contributed by atoms with Crippen LogP contribution < -0.4 is 4.90 Å². The molecule has 2 aromatic rings. The third kappa shape index (κ3) is 1.62. The number of carbonyl (C=O) groups excluding carboxylic acids is 1. The van der Waals surface area contributed by atoms with Crippen molar-refractivity contribution in [3.8, 4) is 0 Å². The number of hydrogen-bond acceptors (Lipinski definition) is 2. The van der Waals surface area contributed by atoms with Gasteiger partial charge in [0.15, 0.2) is 0 Å². The van der Waals surface area contributed by atoms with Crippen LogP contribution in [0.4, 0.5) is 5.69 Å². The van der Waals surface area contributed by atoms with Gasteiger partial charge in [-0.1, -0.05) is 18.2 Å². The van der Waals surface area contributed by atoms with Crippen LogP contribution in [0.2, 0.25) is 0 Å². The molecule has 2 N–H and O–H groups in total. The number of anilines is 1. The van der Waals surface area contributed by atoms with Gasteiger partial charge in [-0.05, 0) is 18.9 Å². The van der Waals surface area contributed by atoms with E-state index in [0.29, 0.717) is 18.5 Å². The van der Waals surface area contributed by atoms with Gasteiger partial charge in [-0.15, -0.1) is 0 Å². The molecule has 1 aromatic heterocycles. The first-order valence-electron chi connectivity index (χ1n) is 6.14. The minimum absolute atomic E-state index is 0.343. The number of carboxylic acid groups (broad SMARTS) is 1. The molecule has 3 rings (SSSR count). The van der Waals surface area contributed by atoms with E-state index < -0.39 is 11.4 Å². The molecule has 0 unspecified atom stereocenters. The summed E-state index contributed by atoms with van der Waals surface area (Å²) in [6.07, 6.45) is 2.59. The SMILES string of the molecule is CN(C(=O)C1(C(=O)O)CC1)c1c[nH]c2ccccc12. The quantitative estimate of drug-likeness (QED) is 0.827. The van der Waals surface area contributed by atoms with Crippen LogP contribution in [0.3, 0.4) is 0 Å². The lowest BCUT2D eigenvalue weighted by atomic mass is 10.1. The first-order chi connectivity index (χ1) is 9.06. The summed E-state index contributed by atoms with van der Waals surface area (Å²) >= 11 is 0. The van der Waals surface area contributed by atoms with Gasteiger partial charge in [-0.2, -0.15) is 0 Å². The summed E-state index contributed by atoms with van der Waals surface area (Å²) < 4.78 is 0. The predicted molar refractivity (Wildman–Crippen MR) is 71.0 cm³/mol. The monoisotopic (exact) mass is 258 g/mol. The normalized spacial score (nSPS) is 16.3. The molecule has 0 radical (unpaired) electrons. The second-order valence-electron chi connectivity index (χ2n) is 4.97. The second kappa shape index (κ2) is 3.85. The summed E-state index contributed by atoms with van der Waals surface area (Å²) in [5.74, 6) is -1.37. The standard InChI is InChI=1S/C14H14N2O3/c1-16(12(17)14(6-7-14)13(18)19)11-8-15-10-5-3-2-4-9(10)11/h2-5,8,15H,6-7H2,1H3,(H,18,19). The number of fused-ring (bicyclic) bond motifs is 1. The van der Waals surface area contributed by atoms with Crippen LogP contribution in [0.1, 0.15) is 12.8 Å². The number of benzene rings is 1. The average Bonchev–Trinajstić information content (AvgIpc) is 3.12. The second-order valence-corrected chi connectivity index (χ2v) is 4.97. The van der Waals surface area contributed by atoms with Crippen LogP contribution in [0.25, 0.3) is 10.9 Å². The van der Waals surface area contributed by atoms with E-state index in [-0.39, 0.29) is 5.91 Å². The maximum atomic E-state index is 12.3. The number of nitrogens with one attached hydrogen (secondary N) is 1. The Labute approximate surface area is 109 Å². The van der Waals surface area contributed by atoms with Crippen molar-refractivity contribution in [1.82, 2.24) is 4.98 Å². The van der Waals surface area contributed by atoms with E-state index >= 15 is 0 Å². The number of hydrogen-bond donors (Lipinski definition) is 2. The van der Waals surface area contributed by atoms with Crippen LogP contribution in [-0.4, -0.2) is 29.0 Å². The van der Waals surface area contributed by atoms with Gasteiger partial charge in [0.25, 0.3) is 0 Å². The van der Waals surface area contributed by atoms with E-state index in [2.05, 4.69) is 4.98 Å². The molecule has 1 saturated carbocycles. The van der Waals surface area contributed by atoms with Crippen molar-refractivity contribution < 1.29 is 14.7 Å². The Morgan fingerprint density at radius 3 is 2.63 bits per heavy atom. The average molecular weight is 258 g/mol. The number of aliphatic carboxylic acids is 1. The highest BCUT2D eigenvalue weighted by Crippen LogP contribution is 2.48. The lowest BCUT2D eigenvalue weighted by molar-refractivity contribution is -0.148. The van der Waals surface area contributed by atoms with Gasteiger partial charge in [-0.25, -0.2) is 0 Å². The van der Waals surface area contributed by atoms with Crippen molar-refractivity contribution in [1.29, 1.82) is 0 Å². The smallest absolute Gasteiger partial charge is 0.319 e. The molecule has 5 nitrogen and oxygen atoms in total. The summed E-state index contributed by atoms with van der Waals surface area (Å²) in [7, 11) is 1.63. The van der Waals surface area contributed by atoms with E-state index in [4.69, 9.17) is 0 Å². The highest BCUT2D eigenvalue weighted by Gasteiger charge is 2.58. The fraction of sp³-hybridized carbons (Fsp3) is 0.286. The van der Waals surface area contributed by atoms with Gasteiger partial charge < -0.3 is 15.0 Å². The first kappa shape index (κ1) is 11.8. The van der Waals surface area contributed by atoms with E-state index in [0.717, 1.165) is 10.9 Å². The van der Waals surface area contributed by atoms with Crippen molar-refractivity contribution in [3.05, 3.63) is 30.5 Å². The number of para-hydroxylation sites is 1. The topological polar surface area (TPSA) is 73.4 Å². The molecule has 5 heteroatoms. The Kier molecular flexibility index (Phi) is 2.38. The Balaban J connectivity index is 1.98. The van der Waals surface area contributed by atoms with E-state index in [1.165, 1.54) is 4.90 Å². The van der Waals surface area contributed by atoms with Crippen molar-refractivity contribution in [2.75, 3.05) is 11.9 Å². The molecule has 0 aliphatic heterocycles. The number of H-pyrrole nitrogens is 1. The summed E-state index contributed by atoms with van der Waals surface area (Å²) in [5.41, 5.74) is 0.443. The molecule has 19 heavy (non-hydrogen) atoms. The summed E-state index contributed by atoms with van der Waals surface area (Å²) in [5, 5.41) is 10.1. The fourth-order valence-electron chi connectivity index (χ4n) is 2.41. The molecule has 1 heterocycles. The van der Waals surface area contributed by atoms with Crippen LogP contribution in [0, 0.1) is 5.41 Å². The maximum absolute atomic E-state index is 12.3. The van der Waals surface area contributed by atoms with Crippen LogP contribution >= 0.6 is 0 Å². The van der Waals surface area contributed by atoms with Gasteiger partial charge in [0.05, 0.1) is 5.69 Å². The van der Waals surface area contributed by atoms with Gasteiger partial charge in [0, 0.05) is 24.1 Å². The zero-order valence-corrected chi connectivity index (χ0v) is 10.5. The Morgan fingerprint density at radius 2 is 2.00 bits per heavy atom. The van der Waals surface area contributed by atoms with Gasteiger partial charge in [0.2, 0.25) is 5.91 Å². The van der Waals surface area contributed by atoms with Gasteiger partial charge in [-0.3, -0.25) is 9.59 Å². The number of rotatable bonds is 3.